The summed E-state index contributed by atoms with van der Waals surface area (Å²) < 4.78 is 6.56. The molecule has 1 N–H and O–H groups in total. The molecule has 0 aliphatic carbocycles. The molecule has 1 rings (SSSR count). The van der Waals surface area contributed by atoms with Gasteiger partial charge in [0.2, 0.25) is 0 Å². The molecule has 0 aliphatic heterocycles. The Bertz CT molecular complexity index is 453. The maximum Gasteiger partial charge on any atom is 0.302 e. The summed E-state index contributed by atoms with van der Waals surface area (Å²) in [6.07, 6.45) is 3.36. The maximum absolute atomic E-state index is 10.6. The van der Waals surface area contributed by atoms with Crippen molar-refractivity contribution in [2.75, 3.05) is 19.7 Å². The summed E-state index contributed by atoms with van der Waals surface area (Å²) >= 11 is 0. The Morgan fingerprint density at radius 2 is 2.45 bits per heavy atom. The maximum atomic E-state index is 10.6. The van der Waals surface area contributed by atoms with Gasteiger partial charge in [0.1, 0.15) is 0 Å². The number of ether oxygens (including phenoxy) is 1. The number of carbonyl (C=O) groups is 1. The highest BCUT2D eigenvalue weighted by molar-refractivity contribution is 5.65. The second-order valence-electron chi connectivity index (χ2n) is 4.15. The lowest BCUT2D eigenvalue weighted by atomic mass is 10.4. The van der Waals surface area contributed by atoms with E-state index in [-0.39, 0.29) is 5.97 Å². The third-order valence-electron chi connectivity index (χ3n) is 2.40. The Hall–Kier alpha value is -2.12. The summed E-state index contributed by atoms with van der Waals surface area (Å²) in [4.78, 5) is 13.3. The molecule has 0 bridgehead atoms. The molecule has 0 fully saturated rings. The van der Waals surface area contributed by atoms with Crippen molar-refractivity contribution < 1.29 is 9.53 Å². The lowest BCUT2D eigenvalue weighted by Crippen LogP contribution is -2.15. The summed E-state index contributed by atoms with van der Waals surface area (Å²) in [6, 6.07) is 0. The van der Waals surface area contributed by atoms with Crippen LogP contribution in [0.2, 0.25) is 0 Å². The van der Waals surface area contributed by atoms with Crippen LogP contribution >= 0.6 is 0 Å². The predicted molar refractivity (Wildman–Crippen MR) is 71.6 cm³/mol. The van der Waals surface area contributed by atoms with Crippen molar-refractivity contribution in [2.24, 2.45) is 5.11 Å². The second-order valence-corrected chi connectivity index (χ2v) is 4.15. The highest BCUT2D eigenvalue weighted by Crippen LogP contribution is 1.95. The van der Waals surface area contributed by atoms with Crippen LogP contribution in [0.1, 0.15) is 25.5 Å². The highest BCUT2D eigenvalue weighted by atomic mass is 16.5. The molecule has 0 unspecified atom stereocenters. The Morgan fingerprint density at radius 1 is 1.60 bits per heavy atom. The number of hydrogen-bond acceptors (Lipinski definition) is 6. The molecule has 0 aliphatic rings. The van der Waals surface area contributed by atoms with Gasteiger partial charge in [-0.1, -0.05) is 10.3 Å². The monoisotopic (exact) mass is 281 g/mol. The van der Waals surface area contributed by atoms with Gasteiger partial charge >= 0.3 is 5.97 Å². The van der Waals surface area contributed by atoms with Crippen molar-refractivity contribution in [1.29, 1.82) is 0 Å². The first-order valence-electron chi connectivity index (χ1n) is 6.46. The summed E-state index contributed by atoms with van der Waals surface area (Å²) in [7, 11) is 0. The Labute approximate surface area is 116 Å². The number of nitrogens with zero attached hydrogens (tertiary/aromatic N) is 6. The van der Waals surface area contributed by atoms with Crippen molar-refractivity contribution in [3.05, 3.63) is 22.3 Å². The van der Waals surface area contributed by atoms with Crippen molar-refractivity contribution in [3.8, 4) is 0 Å². The average Bonchev–Trinajstić information content (AvgIpc) is 2.86. The summed E-state index contributed by atoms with van der Waals surface area (Å²) in [6.45, 7) is 4.32. The molecule has 0 aromatic carbocycles. The van der Waals surface area contributed by atoms with Crippen molar-refractivity contribution in [3.63, 3.8) is 0 Å². The van der Waals surface area contributed by atoms with E-state index in [1.165, 1.54) is 6.92 Å². The molecular formula is C11H19N7O2. The van der Waals surface area contributed by atoms with Crippen molar-refractivity contribution >= 4 is 5.97 Å². The van der Waals surface area contributed by atoms with Gasteiger partial charge in [-0.2, -0.15) is 0 Å². The van der Waals surface area contributed by atoms with Crippen LogP contribution in [0.15, 0.2) is 11.3 Å². The van der Waals surface area contributed by atoms with Crippen LogP contribution < -0.4 is 5.32 Å². The number of aryl methyl sites for hydroxylation is 1. The molecule has 0 spiro atoms. The van der Waals surface area contributed by atoms with E-state index < -0.39 is 0 Å². The first-order chi connectivity index (χ1) is 9.72. The molecule has 1 aromatic heterocycles. The number of esters is 1. The molecule has 20 heavy (non-hydrogen) atoms. The minimum absolute atomic E-state index is 0.269. The Kier molecular flexibility index (Phi) is 7.78. The number of carbonyl (C=O) groups excluding carboxylic acids is 1. The molecule has 0 amide bonds. The standard InChI is InChI=1S/C11H19N7O2/c1-10(19)20-7-3-6-18-9-11(15-17-18)8-13-4-2-5-14-16-12/h9,13H,2-8H2,1H3. The molecule has 9 heteroatoms. The molecule has 9 nitrogen and oxygen atoms in total. The van der Waals surface area contributed by atoms with Gasteiger partial charge in [0.15, 0.2) is 0 Å². The van der Waals surface area contributed by atoms with Crippen LogP contribution in [0.3, 0.4) is 0 Å². The first-order valence-corrected chi connectivity index (χ1v) is 6.46. The lowest BCUT2D eigenvalue weighted by molar-refractivity contribution is -0.141. The minimum Gasteiger partial charge on any atom is -0.466 e. The Morgan fingerprint density at radius 3 is 3.20 bits per heavy atom. The topological polar surface area (TPSA) is 118 Å². The SMILES string of the molecule is CC(=O)OCCCn1cc(CNCCCN=[N+]=[N-])nn1. The summed E-state index contributed by atoms with van der Waals surface area (Å²) in [5, 5.41) is 14.6. The fourth-order valence-corrected chi connectivity index (χ4v) is 1.51. The van der Waals surface area contributed by atoms with Crippen LogP contribution in [0.4, 0.5) is 0 Å². The van der Waals surface area contributed by atoms with E-state index in [0.717, 1.165) is 18.7 Å². The van der Waals surface area contributed by atoms with Gasteiger partial charge < -0.3 is 10.1 Å². The van der Waals surface area contributed by atoms with Gasteiger partial charge in [0.05, 0.1) is 12.3 Å². The highest BCUT2D eigenvalue weighted by Gasteiger charge is 2.00. The quantitative estimate of drug-likeness (QED) is 0.226. The number of aromatic nitrogens is 3. The molecule has 0 atom stereocenters. The van der Waals surface area contributed by atoms with Crippen molar-refractivity contribution in [2.45, 2.75) is 32.9 Å². The van der Waals surface area contributed by atoms with E-state index in [9.17, 15) is 4.79 Å². The van der Waals surface area contributed by atoms with Crippen LogP contribution in [0, 0.1) is 0 Å². The van der Waals surface area contributed by atoms with E-state index >= 15 is 0 Å². The van der Waals surface area contributed by atoms with Crippen LogP contribution in [-0.2, 0) is 22.6 Å². The largest absolute Gasteiger partial charge is 0.466 e. The molecule has 1 heterocycles. The number of azide groups is 1. The zero-order valence-corrected chi connectivity index (χ0v) is 11.5. The van der Waals surface area contributed by atoms with E-state index in [1.54, 1.807) is 4.68 Å². The third kappa shape index (κ3) is 7.34. The van der Waals surface area contributed by atoms with E-state index in [0.29, 0.717) is 32.7 Å². The van der Waals surface area contributed by atoms with Crippen molar-refractivity contribution in [1.82, 2.24) is 20.3 Å². The molecule has 1 aromatic rings. The van der Waals surface area contributed by atoms with Gasteiger partial charge in [-0.05, 0) is 18.5 Å². The van der Waals surface area contributed by atoms with E-state index in [2.05, 4.69) is 25.7 Å². The molecule has 0 saturated carbocycles. The molecular weight excluding hydrogens is 262 g/mol. The Balaban J connectivity index is 2.12. The first kappa shape index (κ1) is 15.9. The zero-order chi connectivity index (χ0) is 14.6. The summed E-state index contributed by atoms with van der Waals surface area (Å²) in [5.41, 5.74) is 8.96. The smallest absolute Gasteiger partial charge is 0.302 e. The number of rotatable bonds is 10. The van der Waals surface area contributed by atoms with Crippen LogP contribution in [0.5, 0.6) is 0 Å². The lowest BCUT2D eigenvalue weighted by Gasteiger charge is -2.01. The van der Waals surface area contributed by atoms with E-state index in [1.807, 2.05) is 6.20 Å². The van der Waals surface area contributed by atoms with Gasteiger partial charge in [0.25, 0.3) is 0 Å². The number of hydrogen-bond donors (Lipinski definition) is 1. The molecule has 0 saturated heterocycles. The molecule has 110 valence electrons. The second kappa shape index (κ2) is 9.76. The zero-order valence-electron chi connectivity index (χ0n) is 11.5. The van der Waals surface area contributed by atoms with Gasteiger partial charge in [-0.25, -0.2) is 0 Å². The van der Waals surface area contributed by atoms with Crippen LogP contribution in [0.25, 0.3) is 10.4 Å². The van der Waals surface area contributed by atoms with Gasteiger partial charge in [-0.15, -0.1) is 5.10 Å². The van der Waals surface area contributed by atoms with Gasteiger partial charge in [-0.3, -0.25) is 9.48 Å². The number of nitrogens with one attached hydrogen (secondary N) is 1. The minimum atomic E-state index is -0.269. The van der Waals surface area contributed by atoms with Crippen LogP contribution in [-0.4, -0.2) is 40.7 Å². The molecule has 0 radical (unpaired) electrons. The fourth-order valence-electron chi connectivity index (χ4n) is 1.51. The van der Waals surface area contributed by atoms with E-state index in [4.69, 9.17) is 10.3 Å². The third-order valence-corrected chi connectivity index (χ3v) is 2.40. The van der Waals surface area contributed by atoms with Gasteiger partial charge in [0, 0.05) is 44.1 Å². The average molecular weight is 281 g/mol. The normalized spacial score (nSPS) is 10.1. The predicted octanol–water partition coefficient (Wildman–Crippen LogP) is 1.02. The fraction of sp³-hybridized carbons (Fsp3) is 0.727. The summed E-state index contributed by atoms with van der Waals surface area (Å²) in [5.74, 6) is -0.269.